The van der Waals surface area contributed by atoms with Crippen LogP contribution < -0.4 is 15.4 Å². The molecule has 158 valence electrons. The Hall–Kier alpha value is -2.79. The summed E-state index contributed by atoms with van der Waals surface area (Å²) in [7, 11) is 1.63. The van der Waals surface area contributed by atoms with Gasteiger partial charge in [0.2, 0.25) is 5.91 Å². The molecule has 0 spiro atoms. The second-order valence-corrected chi connectivity index (χ2v) is 8.60. The van der Waals surface area contributed by atoms with Crippen LogP contribution in [0.15, 0.2) is 48.5 Å². The number of carbonyl (C=O) groups is 2. The average molecular weight is 427 g/mol. The van der Waals surface area contributed by atoms with Gasteiger partial charge in [-0.1, -0.05) is 13.0 Å². The van der Waals surface area contributed by atoms with Gasteiger partial charge in [-0.05, 0) is 68.7 Å². The van der Waals surface area contributed by atoms with Gasteiger partial charge in [0, 0.05) is 34.1 Å². The molecule has 1 aliphatic rings. The maximum Gasteiger partial charge on any atom is 0.242 e. The summed E-state index contributed by atoms with van der Waals surface area (Å²) in [6.45, 7) is 6.06. The Morgan fingerprint density at radius 1 is 1.23 bits per heavy atom. The lowest BCUT2D eigenvalue weighted by molar-refractivity contribution is -0.115. The number of benzene rings is 2. The topological polar surface area (TPSA) is 67.4 Å². The van der Waals surface area contributed by atoms with Crippen LogP contribution in [-0.4, -0.2) is 29.7 Å². The van der Waals surface area contributed by atoms with Crippen LogP contribution in [0.3, 0.4) is 0 Å². The molecule has 1 amide bonds. The molecule has 0 fully saturated rings. The van der Waals surface area contributed by atoms with Crippen molar-refractivity contribution in [1.29, 1.82) is 0 Å². The minimum Gasteiger partial charge on any atom is -0.497 e. The van der Waals surface area contributed by atoms with E-state index in [9.17, 15) is 9.59 Å². The second kappa shape index (κ2) is 8.92. The number of ether oxygens (including phenoxy) is 1. The van der Waals surface area contributed by atoms with Gasteiger partial charge >= 0.3 is 0 Å². The van der Waals surface area contributed by atoms with Crippen molar-refractivity contribution in [3.8, 4) is 5.75 Å². The predicted octanol–water partition coefficient (Wildman–Crippen LogP) is 4.80. The number of ketones is 1. The Morgan fingerprint density at radius 3 is 2.57 bits per heavy atom. The standard InChI is InChI=1S/C24H27ClN2O3/c1-5-20(25)23(29)26-17-9-6-15(7-10-17)22(28)13-21-19-12-18(30-4)11-8-16(19)14-24(2,3)27-21/h6-13,20,27H,5,14H2,1-4H3,(H,26,29). The quantitative estimate of drug-likeness (QED) is 0.395. The van der Waals surface area contributed by atoms with Crippen molar-refractivity contribution < 1.29 is 14.3 Å². The third-order valence-electron chi connectivity index (χ3n) is 5.07. The molecule has 1 aliphatic heterocycles. The van der Waals surface area contributed by atoms with E-state index in [0.717, 1.165) is 23.4 Å². The highest BCUT2D eigenvalue weighted by Gasteiger charge is 2.28. The minimum atomic E-state index is -0.575. The van der Waals surface area contributed by atoms with Crippen LogP contribution in [-0.2, 0) is 11.2 Å². The summed E-state index contributed by atoms with van der Waals surface area (Å²) in [5, 5.41) is 5.65. The SMILES string of the molecule is CCC(Cl)C(=O)Nc1ccc(C(=O)C=C2NC(C)(C)Cc3ccc(OC)cc32)cc1. The largest absolute Gasteiger partial charge is 0.497 e. The molecule has 2 aromatic rings. The van der Waals surface area contributed by atoms with Crippen LogP contribution in [0.1, 0.15) is 48.7 Å². The van der Waals surface area contributed by atoms with Crippen LogP contribution in [0.4, 0.5) is 5.69 Å². The molecule has 30 heavy (non-hydrogen) atoms. The number of allylic oxidation sites excluding steroid dienone is 1. The summed E-state index contributed by atoms with van der Waals surface area (Å²) < 4.78 is 5.36. The fraction of sp³-hybridized carbons (Fsp3) is 0.333. The highest BCUT2D eigenvalue weighted by atomic mass is 35.5. The van der Waals surface area contributed by atoms with E-state index in [1.807, 2.05) is 25.1 Å². The first-order valence-electron chi connectivity index (χ1n) is 9.99. The van der Waals surface area contributed by atoms with Gasteiger partial charge in [-0.2, -0.15) is 0 Å². The van der Waals surface area contributed by atoms with Crippen molar-refractivity contribution in [2.75, 3.05) is 12.4 Å². The average Bonchev–Trinajstić information content (AvgIpc) is 2.72. The fourth-order valence-electron chi connectivity index (χ4n) is 3.49. The number of anilines is 1. The van der Waals surface area contributed by atoms with Gasteiger partial charge in [0.1, 0.15) is 11.1 Å². The van der Waals surface area contributed by atoms with Crippen molar-refractivity contribution in [3.63, 3.8) is 0 Å². The fourth-order valence-corrected chi connectivity index (χ4v) is 3.55. The first-order chi connectivity index (χ1) is 14.2. The molecular formula is C24H27ClN2O3. The molecule has 3 rings (SSSR count). The predicted molar refractivity (Wildman–Crippen MR) is 121 cm³/mol. The summed E-state index contributed by atoms with van der Waals surface area (Å²) in [6, 6.07) is 12.8. The van der Waals surface area contributed by atoms with Gasteiger partial charge in [0.25, 0.3) is 0 Å². The van der Waals surface area contributed by atoms with E-state index in [0.29, 0.717) is 17.7 Å². The number of halogens is 1. The Kier molecular flexibility index (Phi) is 6.52. The Bertz CT molecular complexity index is 980. The number of alkyl halides is 1. The number of amides is 1. The monoisotopic (exact) mass is 426 g/mol. The summed E-state index contributed by atoms with van der Waals surface area (Å²) in [5.41, 5.74) is 3.89. The normalized spacial score (nSPS) is 16.9. The van der Waals surface area contributed by atoms with Crippen LogP contribution in [0.5, 0.6) is 5.75 Å². The molecular weight excluding hydrogens is 400 g/mol. The summed E-state index contributed by atoms with van der Waals surface area (Å²) in [5.74, 6) is 0.378. The molecule has 0 aliphatic carbocycles. The number of methoxy groups -OCH3 is 1. The van der Waals surface area contributed by atoms with Crippen LogP contribution in [0, 0.1) is 0 Å². The van der Waals surface area contributed by atoms with Gasteiger partial charge in [0.05, 0.1) is 7.11 Å². The first-order valence-corrected chi connectivity index (χ1v) is 10.4. The van der Waals surface area contributed by atoms with E-state index in [2.05, 4.69) is 24.5 Å². The lowest BCUT2D eigenvalue weighted by Crippen LogP contribution is -2.43. The molecule has 0 bridgehead atoms. The zero-order valence-corrected chi connectivity index (χ0v) is 18.5. The molecule has 1 unspecified atom stereocenters. The lowest BCUT2D eigenvalue weighted by atomic mass is 9.85. The summed E-state index contributed by atoms with van der Waals surface area (Å²) >= 11 is 5.95. The molecule has 1 heterocycles. The molecule has 0 aromatic heterocycles. The molecule has 5 nitrogen and oxygen atoms in total. The number of fused-ring (bicyclic) bond motifs is 1. The third-order valence-corrected chi connectivity index (χ3v) is 5.57. The zero-order chi connectivity index (χ0) is 21.9. The number of nitrogens with one attached hydrogen (secondary N) is 2. The first kappa shape index (κ1) is 21.9. The number of hydrogen-bond donors (Lipinski definition) is 2. The van der Waals surface area contributed by atoms with Crippen molar-refractivity contribution >= 4 is 34.7 Å². The van der Waals surface area contributed by atoms with E-state index in [-0.39, 0.29) is 17.2 Å². The number of rotatable bonds is 6. The summed E-state index contributed by atoms with van der Waals surface area (Å²) in [4.78, 5) is 24.8. The molecule has 2 aromatic carbocycles. The smallest absolute Gasteiger partial charge is 0.242 e. The summed E-state index contributed by atoms with van der Waals surface area (Å²) in [6.07, 6.45) is 3.03. The van der Waals surface area contributed by atoms with Gasteiger partial charge in [-0.15, -0.1) is 11.6 Å². The van der Waals surface area contributed by atoms with Gasteiger partial charge < -0.3 is 15.4 Å². The van der Waals surface area contributed by atoms with Crippen molar-refractivity contribution in [2.24, 2.45) is 0 Å². The van der Waals surface area contributed by atoms with Crippen molar-refractivity contribution in [3.05, 3.63) is 65.2 Å². The zero-order valence-electron chi connectivity index (χ0n) is 17.7. The van der Waals surface area contributed by atoms with E-state index in [4.69, 9.17) is 16.3 Å². The highest BCUT2D eigenvalue weighted by Crippen LogP contribution is 2.32. The van der Waals surface area contributed by atoms with E-state index < -0.39 is 5.38 Å². The van der Waals surface area contributed by atoms with E-state index >= 15 is 0 Å². The molecule has 0 saturated carbocycles. The van der Waals surface area contributed by atoms with Crippen LogP contribution >= 0.6 is 11.6 Å². The van der Waals surface area contributed by atoms with E-state index in [1.165, 1.54) is 5.56 Å². The van der Waals surface area contributed by atoms with Crippen molar-refractivity contribution in [1.82, 2.24) is 5.32 Å². The third kappa shape index (κ3) is 5.03. The Labute approximate surface area is 182 Å². The Morgan fingerprint density at radius 2 is 1.93 bits per heavy atom. The number of carbonyl (C=O) groups excluding carboxylic acids is 2. The van der Waals surface area contributed by atoms with E-state index in [1.54, 1.807) is 37.5 Å². The highest BCUT2D eigenvalue weighted by molar-refractivity contribution is 6.32. The van der Waals surface area contributed by atoms with Crippen LogP contribution in [0.2, 0.25) is 0 Å². The number of hydrogen-bond acceptors (Lipinski definition) is 4. The molecule has 1 atom stereocenters. The van der Waals surface area contributed by atoms with Crippen molar-refractivity contribution in [2.45, 2.75) is 44.5 Å². The molecule has 0 saturated heterocycles. The van der Waals surface area contributed by atoms with Gasteiger partial charge in [0.15, 0.2) is 5.78 Å². The second-order valence-electron chi connectivity index (χ2n) is 8.07. The maximum atomic E-state index is 12.9. The Balaban J connectivity index is 1.84. The molecule has 2 N–H and O–H groups in total. The van der Waals surface area contributed by atoms with Crippen LogP contribution in [0.25, 0.3) is 5.70 Å². The molecule has 0 radical (unpaired) electrons. The lowest BCUT2D eigenvalue weighted by Gasteiger charge is -2.35. The molecule has 6 heteroatoms. The van der Waals surface area contributed by atoms with Gasteiger partial charge in [-0.25, -0.2) is 0 Å². The minimum absolute atomic E-state index is 0.120. The van der Waals surface area contributed by atoms with Gasteiger partial charge in [-0.3, -0.25) is 9.59 Å². The maximum absolute atomic E-state index is 12.9.